The van der Waals surface area contributed by atoms with Crippen LogP contribution in [-0.4, -0.2) is 44.1 Å². The molecule has 130 valence electrons. The van der Waals surface area contributed by atoms with E-state index >= 15 is 0 Å². The molecule has 1 N–H and O–H groups in total. The molecule has 0 aromatic heterocycles. The molecule has 7 heteroatoms. The van der Waals surface area contributed by atoms with Crippen LogP contribution in [0.25, 0.3) is 0 Å². The fourth-order valence-electron chi connectivity index (χ4n) is 2.52. The number of hydrogen-bond donors (Lipinski definition) is 1. The highest BCUT2D eigenvalue weighted by Gasteiger charge is 2.30. The molecule has 0 amide bonds. The molecule has 0 radical (unpaired) electrons. The minimum Gasteiger partial charge on any atom is -0.492 e. The third-order valence-electron chi connectivity index (χ3n) is 3.73. The minimum atomic E-state index is -0.902. The topological polar surface area (TPSA) is 36.9 Å². The number of hydrogen-bond acceptors (Lipinski definition) is 2. The molecule has 0 aliphatic carbocycles. The molecule has 1 aliphatic heterocycles. The summed E-state index contributed by atoms with van der Waals surface area (Å²) in [5, 5.41) is 3.23. The Morgan fingerprint density at radius 1 is 1.35 bits per heavy atom. The number of aliphatic imine (C=N–C) groups is 1. The van der Waals surface area contributed by atoms with Crippen LogP contribution in [-0.2, 0) is 0 Å². The van der Waals surface area contributed by atoms with E-state index in [1.807, 2.05) is 0 Å². The van der Waals surface area contributed by atoms with Gasteiger partial charge in [0, 0.05) is 26.2 Å². The number of guanidine groups is 1. The maximum absolute atomic E-state index is 13.1. The number of ether oxygens (including phenoxy) is 1. The molecule has 1 aromatic rings. The number of nitrogens with one attached hydrogen (secondary N) is 1. The summed E-state index contributed by atoms with van der Waals surface area (Å²) in [6.07, 6.45) is 1.14. The molecular weight excluding hydrogens is 415 g/mol. The highest BCUT2D eigenvalue weighted by molar-refractivity contribution is 14.0. The van der Waals surface area contributed by atoms with E-state index in [1.165, 1.54) is 6.07 Å². The standard InChI is InChI=1S/C16H23F2N3O.HI/c1-16(2)6-8-21(11-16)15(19-3)20-7-9-22-12-4-5-13(17)14(18)10-12;/h4-5,10H,6-9,11H2,1-3H3,(H,19,20);1H. The predicted octanol–water partition coefficient (Wildman–Crippen LogP) is 3.27. The Morgan fingerprint density at radius 3 is 2.65 bits per heavy atom. The van der Waals surface area contributed by atoms with E-state index in [2.05, 4.69) is 29.1 Å². The lowest BCUT2D eigenvalue weighted by molar-refractivity contribution is 0.314. The smallest absolute Gasteiger partial charge is 0.193 e. The third-order valence-corrected chi connectivity index (χ3v) is 3.73. The van der Waals surface area contributed by atoms with Gasteiger partial charge in [0.05, 0.1) is 6.54 Å². The van der Waals surface area contributed by atoms with E-state index in [1.54, 1.807) is 7.05 Å². The zero-order valence-electron chi connectivity index (χ0n) is 13.7. The van der Waals surface area contributed by atoms with Gasteiger partial charge in [-0.15, -0.1) is 24.0 Å². The average Bonchev–Trinajstić information content (AvgIpc) is 2.83. The highest BCUT2D eigenvalue weighted by Crippen LogP contribution is 2.28. The normalized spacial score (nSPS) is 16.9. The van der Waals surface area contributed by atoms with Gasteiger partial charge in [-0.1, -0.05) is 13.8 Å². The van der Waals surface area contributed by atoms with Gasteiger partial charge in [0.25, 0.3) is 0 Å². The van der Waals surface area contributed by atoms with Crippen LogP contribution in [0.5, 0.6) is 5.75 Å². The van der Waals surface area contributed by atoms with Crippen molar-refractivity contribution in [3.05, 3.63) is 29.8 Å². The summed E-state index contributed by atoms with van der Waals surface area (Å²) < 4.78 is 31.3. The van der Waals surface area contributed by atoms with E-state index < -0.39 is 11.6 Å². The van der Waals surface area contributed by atoms with Gasteiger partial charge in [0.2, 0.25) is 0 Å². The molecule has 0 unspecified atom stereocenters. The van der Waals surface area contributed by atoms with Crippen LogP contribution in [0.3, 0.4) is 0 Å². The molecule has 0 saturated carbocycles. The van der Waals surface area contributed by atoms with Gasteiger partial charge in [-0.2, -0.15) is 0 Å². The average molecular weight is 439 g/mol. The Hall–Kier alpha value is -1.12. The Labute approximate surface area is 153 Å². The summed E-state index contributed by atoms with van der Waals surface area (Å²) in [4.78, 5) is 6.49. The maximum Gasteiger partial charge on any atom is 0.193 e. The number of benzene rings is 1. The van der Waals surface area contributed by atoms with Gasteiger partial charge in [-0.05, 0) is 24.0 Å². The Balaban J connectivity index is 0.00000264. The number of halogens is 3. The van der Waals surface area contributed by atoms with Crippen LogP contribution in [0.2, 0.25) is 0 Å². The molecule has 4 nitrogen and oxygen atoms in total. The lowest BCUT2D eigenvalue weighted by Gasteiger charge is -2.23. The third kappa shape index (κ3) is 5.78. The van der Waals surface area contributed by atoms with Crippen molar-refractivity contribution in [3.63, 3.8) is 0 Å². The Morgan fingerprint density at radius 2 is 2.09 bits per heavy atom. The summed E-state index contributed by atoms with van der Waals surface area (Å²) in [5.74, 6) is -0.611. The van der Waals surface area contributed by atoms with Gasteiger partial charge in [-0.3, -0.25) is 4.99 Å². The van der Waals surface area contributed by atoms with Crippen molar-refractivity contribution in [2.24, 2.45) is 10.4 Å². The van der Waals surface area contributed by atoms with E-state index in [0.29, 0.717) is 24.3 Å². The number of likely N-dealkylation sites (tertiary alicyclic amines) is 1. The molecule has 1 heterocycles. The first kappa shape index (κ1) is 19.9. The summed E-state index contributed by atoms with van der Waals surface area (Å²) in [6, 6.07) is 3.52. The van der Waals surface area contributed by atoms with Crippen molar-refractivity contribution >= 4 is 29.9 Å². The molecule has 23 heavy (non-hydrogen) atoms. The van der Waals surface area contributed by atoms with E-state index in [4.69, 9.17) is 4.74 Å². The van der Waals surface area contributed by atoms with Crippen molar-refractivity contribution in [1.82, 2.24) is 10.2 Å². The largest absolute Gasteiger partial charge is 0.492 e. The Kier molecular flexibility index (Phi) is 7.50. The highest BCUT2D eigenvalue weighted by atomic mass is 127. The van der Waals surface area contributed by atoms with Crippen LogP contribution in [0.4, 0.5) is 8.78 Å². The summed E-state index contributed by atoms with van der Waals surface area (Å²) >= 11 is 0. The molecule has 0 atom stereocenters. The lowest BCUT2D eigenvalue weighted by Crippen LogP contribution is -2.42. The van der Waals surface area contributed by atoms with Crippen molar-refractivity contribution < 1.29 is 13.5 Å². The molecule has 2 rings (SSSR count). The summed E-state index contributed by atoms with van der Waals surface area (Å²) in [6.45, 7) is 7.33. The van der Waals surface area contributed by atoms with Gasteiger partial charge in [0.15, 0.2) is 17.6 Å². The van der Waals surface area contributed by atoms with Crippen LogP contribution < -0.4 is 10.1 Å². The van der Waals surface area contributed by atoms with Crippen molar-refractivity contribution in [2.75, 3.05) is 33.3 Å². The monoisotopic (exact) mass is 439 g/mol. The molecule has 0 bridgehead atoms. The molecule has 1 fully saturated rings. The fraction of sp³-hybridized carbons (Fsp3) is 0.562. The molecular formula is C16H24F2IN3O. The maximum atomic E-state index is 13.1. The van der Waals surface area contributed by atoms with Crippen LogP contribution in [0.15, 0.2) is 23.2 Å². The molecule has 1 aromatic carbocycles. The predicted molar refractivity (Wildman–Crippen MR) is 98.6 cm³/mol. The second-order valence-corrected chi connectivity index (χ2v) is 6.23. The van der Waals surface area contributed by atoms with E-state index in [0.717, 1.165) is 37.6 Å². The first-order valence-corrected chi connectivity index (χ1v) is 7.45. The zero-order chi connectivity index (χ0) is 16.2. The van der Waals surface area contributed by atoms with Crippen molar-refractivity contribution in [1.29, 1.82) is 0 Å². The van der Waals surface area contributed by atoms with Gasteiger partial charge < -0.3 is 15.0 Å². The first-order valence-electron chi connectivity index (χ1n) is 7.45. The number of nitrogens with zero attached hydrogens (tertiary/aromatic N) is 2. The second-order valence-electron chi connectivity index (χ2n) is 6.23. The zero-order valence-corrected chi connectivity index (χ0v) is 16.1. The molecule has 1 aliphatic rings. The van der Waals surface area contributed by atoms with Crippen LogP contribution in [0.1, 0.15) is 20.3 Å². The summed E-state index contributed by atoms with van der Waals surface area (Å²) in [5.41, 5.74) is 0.305. The van der Waals surface area contributed by atoms with Gasteiger partial charge in [-0.25, -0.2) is 8.78 Å². The van der Waals surface area contributed by atoms with Gasteiger partial charge >= 0.3 is 0 Å². The molecule has 0 spiro atoms. The second kappa shape index (κ2) is 8.65. The molecule has 1 saturated heterocycles. The fourth-order valence-corrected chi connectivity index (χ4v) is 2.52. The first-order chi connectivity index (χ1) is 10.4. The van der Waals surface area contributed by atoms with E-state index in [9.17, 15) is 8.78 Å². The van der Waals surface area contributed by atoms with Crippen LogP contribution in [0, 0.1) is 17.0 Å². The number of rotatable bonds is 4. The lowest BCUT2D eigenvalue weighted by atomic mass is 9.93. The quantitative estimate of drug-likeness (QED) is 0.339. The van der Waals surface area contributed by atoms with Crippen LogP contribution >= 0.6 is 24.0 Å². The SMILES string of the molecule is CN=C(NCCOc1ccc(F)c(F)c1)N1CCC(C)(C)C1.I. The van der Waals surface area contributed by atoms with Gasteiger partial charge in [0.1, 0.15) is 12.4 Å². The Bertz CT molecular complexity index is 552. The summed E-state index contributed by atoms with van der Waals surface area (Å²) in [7, 11) is 1.75. The van der Waals surface area contributed by atoms with E-state index in [-0.39, 0.29) is 24.0 Å². The van der Waals surface area contributed by atoms with Crippen molar-refractivity contribution in [3.8, 4) is 5.75 Å². The van der Waals surface area contributed by atoms with Crippen molar-refractivity contribution in [2.45, 2.75) is 20.3 Å². The minimum absolute atomic E-state index is 0.